The van der Waals surface area contributed by atoms with Crippen LogP contribution in [0.15, 0.2) is 30.5 Å². The van der Waals surface area contributed by atoms with Crippen LogP contribution in [0.25, 0.3) is 11.0 Å². The largest absolute Gasteiger partial charge is 0.489 e. The molecule has 0 saturated carbocycles. The Morgan fingerprint density at radius 1 is 1.24 bits per heavy atom. The molecule has 0 saturated heterocycles. The maximum Gasteiger partial charge on any atom is 0.253 e. The Hall–Kier alpha value is -3.16. The summed E-state index contributed by atoms with van der Waals surface area (Å²) in [5.74, 6) is 1.64. The maximum absolute atomic E-state index is 12.1. The summed E-state index contributed by atoms with van der Waals surface area (Å²) in [6.45, 7) is 0.102. The lowest BCUT2D eigenvalue weighted by molar-refractivity contribution is 0.0947. The van der Waals surface area contributed by atoms with Crippen molar-refractivity contribution in [2.75, 3.05) is 25.1 Å². The quantitative estimate of drug-likeness (QED) is 0.662. The maximum atomic E-state index is 12.1. The second kappa shape index (κ2) is 6.39. The summed E-state index contributed by atoms with van der Waals surface area (Å²) in [4.78, 5) is 24.0. The van der Waals surface area contributed by atoms with Gasteiger partial charge in [0.2, 0.25) is 0 Å². The number of hydrogen-bond acceptors (Lipinski definition) is 5. The third-order valence-corrected chi connectivity index (χ3v) is 3.96. The van der Waals surface area contributed by atoms with E-state index in [1.807, 2.05) is 6.07 Å². The molecule has 128 valence electrons. The Labute approximate surface area is 142 Å². The highest BCUT2D eigenvalue weighted by molar-refractivity contribution is 6.08. The summed E-state index contributed by atoms with van der Waals surface area (Å²) in [5.41, 5.74) is 2.25. The van der Waals surface area contributed by atoms with E-state index in [0.717, 1.165) is 17.5 Å². The van der Waals surface area contributed by atoms with E-state index in [4.69, 9.17) is 4.74 Å². The lowest BCUT2D eigenvalue weighted by Gasteiger charge is -2.11. The van der Waals surface area contributed by atoms with Crippen LogP contribution < -0.4 is 15.4 Å². The van der Waals surface area contributed by atoms with Crippen LogP contribution in [0.2, 0.25) is 0 Å². The van der Waals surface area contributed by atoms with Crippen molar-refractivity contribution in [1.29, 1.82) is 0 Å². The Bertz CT molecular complexity index is 923. The Morgan fingerprint density at radius 3 is 2.92 bits per heavy atom. The summed E-state index contributed by atoms with van der Waals surface area (Å²) in [6.07, 6.45) is 2.29. The molecule has 0 fully saturated rings. The van der Waals surface area contributed by atoms with Crippen molar-refractivity contribution in [3.8, 4) is 5.75 Å². The molecular weight excluding hydrogens is 325 g/mol. The van der Waals surface area contributed by atoms with Gasteiger partial charge >= 0.3 is 0 Å². The fourth-order valence-corrected chi connectivity index (χ4v) is 2.86. The number of aromatic nitrogens is 3. The van der Waals surface area contributed by atoms with Crippen molar-refractivity contribution in [2.45, 2.75) is 6.42 Å². The number of alkyl halides is 1. The summed E-state index contributed by atoms with van der Waals surface area (Å²) >= 11 is 0. The zero-order valence-corrected chi connectivity index (χ0v) is 13.3. The first-order valence-corrected chi connectivity index (χ1v) is 7.96. The minimum absolute atomic E-state index is 0.0117. The third kappa shape index (κ3) is 2.98. The van der Waals surface area contributed by atoms with E-state index in [-0.39, 0.29) is 12.5 Å². The van der Waals surface area contributed by atoms with E-state index < -0.39 is 6.67 Å². The molecular formula is C17H16FN5O2. The van der Waals surface area contributed by atoms with Crippen LogP contribution in [0.4, 0.5) is 16.0 Å². The number of nitrogens with one attached hydrogen (secondary N) is 3. The normalized spacial score (nSPS) is 13.4. The summed E-state index contributed by atoms with van der Waals surface area (Å²) < 4.78 is 17.2. The van der Waals surface area contributed by atoms with Crippen molar-refractivity contribution in [3.05, 3.63) is 41.7 Å². The molecule has 0 spiro atoms. The molecule has 7 nitrogen and oxygen atoms in total. The standard InChI is InChI=1S/C17H16FN5O2/c18-6-8-25-10-1-3-13(20-9-10)22-14-4-2-11-15-12(21-16(11)23-14)5-7-19-17(15)24/h1-4,9H,5-8H2,(H,19,24)(H2,20,21,22,23). The first-order chi connectivity index (χ1) is 12.2. The summed E-state index contributed by atoms with van der Waals surface area (Å²) in [6, 6.07) is 7.10. The zero-order chi connectivity index (χ0) is 17.2. The van der Waals surface area contributed by atoms with Crippen LogP contribution in [0.3, 0.4) is 0 Å². The van der Waals surface area contributed by atoms with Gasteiger partial charge in [0.05, 0.1) is 11.8 Å². The van der Waals surface area contributed by atoms with E-state index in [2.05, 4.69) is 25.6 Å². The van der Waals surface area contributed by atoms with E-state index in [1.165, 1.54) is 6.20 Å². The number of amides is 1. The average molecular weight is 341 g/mol. The molecule has 4 rings (SSSR count). The minimum Gasteiger partial charge on any atom is -0.489 e. The molecule has 0 aliphatic carbocycles. The predicted octanol–water partition coefficient (Wildman–Crippen LogP) is 2.34. The number of aromatic amines is 1. The first kappa shape index (κ1) is 15.4. The molecule has 0 aromatic carbocycles. The minimum atomic E-state index is -0.540. The monoisotopic (exact) mass is 341 g/mol. The molecule has 1 aliphatic heterocycles. The van der Waals surface area contributed by atoms with Crippen LogP contribution in [0, 0.1) is 0 Å². The van der Waals surface area contributed by atoms with Crippen LogP contribution in [0.5, 0.6) is 5.75 Å². The van der Waals surface area contributed by atoms with Crippen molar-refractivity contribution >= 4 is 28.6 Å². The number of halogens is 1. The number of fused-ring (bicyclic) bond motifs is 3. The molecule has 4 heterocycles. The number of pyridine rings is 2. The molecule has 8 heteroatoms. The molecule has 0 atom stereocenters. The van der Waals surface area contributed by atoms with Crippen LogP contribution >= 0.6 is 0 Å². The molecule has 3 aromatic rings. The highest BCUT2D eigenvalue weighted by Crippen LogP contribution is 2.26. The molecule has 0 radical (unpaired) electrons. The van der Waals surface area contributed by atoms with Crippen molar-refractivity contribution < 1.29 is 13.9 Å². The number of carbonyl (C=O) groups excluding carboxylic acids is 1. The number of hydrogen-bond donors (Lipinski definition) is 3. The Balaban J connectivity index is 1.57. The summed E-state index contributed by atoms with van der Waals surface area (Å²) in [7, 11) is 0. The summed E-state index contributed by atoms with van der Waals surface area (Å²) in [5, 5.41) is 6.75. The number of rotatable bonds is 5. The molecule has 0 unspecified atom stereocenters. The van der Waals surface area contributed by atoms with E-state index in [9.17, 15) is 9.18 Å². The van der Waals surface area contributed by atoms with E-state index >= 15 is 0 Å². The van der Waals surface area contributed by atoms with E-state index in [0.29, 0.717) is 35.1 Å². The van der Waals surface area contributed by atoms with Crippen molar-refractivity contribution in [3.63, 3.8) is 0 Å². The van der Waals surface area contributed by atoms with Gasteiger partial charge in [-0.3, -0.25) is 4.79 Å². The van der Waals surface area contributed by atoms with Gasteiger partial charge in [0.15, 0.2) is 0 Å². The first-order valence-electron chi connectivity index (χ1n) is 7.96. The van der Waals surface area contributed by atoms with Gasteiger partial charge in [-0.1, -0.05) is 0 Å². The van der Waals surface area contributed by atoms with Crippen molar-refractivity contribution in [1.82, 2.24) is 20.3 Å². The van der Waals surface area contributed by atoms with Gasteiger partial charge in [-0.15, -0.1) is 0 Å². The highest BCUT2D eigenvalue weighted by atomic mass is 19.1. The molecule has 3 N–H and O–H groups in total. The molecule has 3 aromatic heterocycles. The fourth-order valence-electron chi connectivity index (χ4n) is 2.86. The fraction of sp³-hybridized carbons (Fsp3) is 0.235. The topological polar surface area (TPSA) is 91.9 Å². The second-order valence-electron chi connectivity index (χ2n) is 5.62. The predicted molar refractivity (Wildman–Crippen MR) is 91.1 cm³/mol. The SMILES string of the molecule is O=C1NCCc2[nH]c3nc(Nc4ccc(OCCF)cn4)ccc3c21. The highest BCUT2D eigenvalue weighted by Gasteiger charge is 2.22. The number of H-pyrrole nitrogens is 1. The third-order valence-electron chi connectivity index (χ3n) is 3.96. The molecule has 1 aliphatic rings. The van der Waals surface area contributed by atoms with Gasteiger partial charge in [-0.05, 0) is 24.3 Å². The second-order valence-corrected chi connectivity index (χ2v) is 5.62. The smallest absolute Gasteiger partial charge is 0.253 e. The lowest BCUT2D eigenvalue weighted by Crippen LogP contribution is -2.31. The van der Waals surface area contributed by atoms with Gasteiger partial charge in [0.1, 0.15) is 36.3 Å². The molecule has 0 bridgehead atoms. The molecule has 25 heavy (non-hydrogen) atoms. The number of nitrogens with zero attached hydrogens (tertiary/aromatic N) is 2. The number of anilines is 2. The van der Waals surface area contributed by atoms with Gasteiger partial charge < -0.3 is 20.4 Å². The number of carbonyl (C=O) groups is 1. The molecule has 1 amide bonds. The zero-order valence-electron chi connectivity index (χ0n) is 13.3. The average Bonchev–Trinajstić information content (AvgIpc) is 3.00. The van der Waals surface area contributed by atoms with Gasteiger partial charge in [0.25, 0.3) is 5.91 Å². The van der Waals surface area contributed by atoms with Crippen molar-refractivity contribution in [2.24, 2.45) is 0 Å². The van der Waals surface area contributed by atoms with Gasteiger partial charge in [0, 0.05) is 24.0 Å². The van der Waals surface area contributed by atoms with Gasteiger partial charge in [-0.2, -0.15) is 0 Å². The van der Waals surface area contributed by atoms with Crippen LogP contribution in [0.1, 0.15) is 16.1 Å². The van der Waals surface area contributed by atoms with Crippen LogP contribution in [-0.2, 0) is 6.42 Å². The lowest BCUT2D eigenvalue weighted by atomic mass is 10.1. The Kier molecular flexibility index (Phi) is 3.93. The Morgan fingerprint density at radius 2 is 2.12 bits per heavy atom. The van der Waals surface area contributed by atoms with Crippen LogP contribution in [-0.4, -0.2) is 40.7 Å². The number of ether oxygens (including phenoxy) is 1. The van der Waals surface area contributed by atoms with Gasteiger partial charge in [-0.25, -0.2) is 14.4 Å². The van der Waals surface area contributed by atoms with E-state index in [1.54, 1.807) is 18.2 Å².